The maximum atomic E-state index is 12.0. The van der Waals surface area contributed by atoms with Crippen molar-refractivity contribution in [2.45, 2.75) is 46.1 Å². The van der Waals surface area contributed by atoms with Gasteiger partial charge in [-0.3, -0.25) is 4.79 Å². The minimum atomic E-state index is 0. The van der Waals surface area contributed by atoms with E-state index in [9.17, 15) is 4.79 Å². The second-order valence-corrected chi connectivity index (χ2v) is 5.60. The molecule has 0 aromatic carbocycles. The van der Waals surface area contributed by atoms with Crippen LogP contribution in [0.4, 0.5) is 0 Å². The molecule has 0 aliphatic heterocycles. The molecule has 0 fully saturated rings. The summed E-state index contributed by atoms with van der Waals surface area (Å²) in [6, 6.07) is 0.0908. The molecule has 1 aromatic heterocycles. The van der Waals surface area contributed by atoms with E-state index in [-0.39, 0.29) is 36.8 Å². The lowest BCUT2D eigenvalue weighted by molar-refractivity contribution is -0.131. The highest BCUT2D eigenvalue weighted by Gasteiger charge is 2.21. The van der Waals surface area contributed by atoms with Crippen LogP contribution in [0.3, 0.4) is 0 Å². The number of rotatable bonds is 6. The first-order valence-electron chi connectivity index (χ1n) is 6.43. The molecule has 1 amide bonds. The van der Waals surface area contributed by atoms with Crippen molar-refractivity contribution in [1.82, 2.24) is 9.88 Å². The molecule has 1 rings (SSSR count). The number of carbonyl (C=O) groups is 1. The number of carbonyl (C=O) groups excluding carboxylic acids is 1. The van der Waals surface area contributed by atoms with Crippen molar-refractivity contribution in [1.29, 1.82) is 0 Å². The zero-order valence-corrected chi connectivity index (χ0v) is 15.0. The highest BCUT2D eigenvalue weighted by molar-refractivity contribution is 7.11. The van der Waals surface area contributed by atoms with Crippen LogP contribution in [0.15, 0.2) is 0 Å². The summed E-state index contributed by atoms with van der Waals surface area (Å²) in [5.74, 6) is 0.152. The number of hydrogen-bond donors (Lipinski definition) is 1. The summed E-state index contributed by atoms with van der Waals surface area (Å²) in [7, 11) is 1.86. The first kappa shape index (κ1) is 21.9. The van der Waals surface area contributed by atoms with Gasteiger partial charge in [0, 0.05) is 18.3 Å². The van der Waals surface area contributed by atoms with Crippen molar-refractivity contribution in [2.75, 3.05) is 13.6 Å². The van der Waals surface area contributed by atoms with E-state index in [2.05, 4.69) is 18.8 Å². The number of hydrogen-bond acceptors (Lipinski definition) is 4. The van der Waals surface area contributed by atoms with Gasteiger partial charge in [-0.1, -0.05) is 6.92 Å². The molecule has 4 nitrogen and oxygen atoms in total. The zero-order chi connectivity index (χ0) is 13.7. The lowest BCUT2D eigenvalue weighted by Gasteiger charge is -2.24. The number of aryl methyl sites for hydroxylation is 2. The van der Waals surface area contributed by atoms with Crippen molar-refractivity contribution in [3.05, 3.63) is 15.6 Å². The Balaban J connectivity index is 0. The fourth-order valence-electron chi connectivity index (χ4n) is 1.83. The van der Waals surface area contributed by atoms with Gasteiger partial charge in [-0.05, 0) is 33.2 Å². The normalized spacial score (nSPS) is 11.2. The molecule has 0 spiro atoms. The van der Waals surface area contributed by atoms with Crippen LogP contribution in [0.2, 0.25) is 0 Å². The SMILES string of the molecule is CCc1nc(C)c(C(C)N(C)C(=O)CCCN)s1.Cl.Cl. The molecule has 1 aromatic rings. The van der Waals surface area contributed by atoms with Gasteiger partial charge < -0.3 is 10.6 Å². The van der Waals surface area contributed by atoms with Crippen LogP contribution in [0.1, 0.15) is 48.3 Å². The molecule has 1 heterocycles. The van der Waals surface area contributed by atoms with Crippen molar-refractivity contribution in [2.24, 2.45) is 5.73 Å². The monoisotopic (exact) mass is 341 g/mol. The lowest BCUT2D eigenvalue weighted by atomic mass is 10.2. The van der Waals surface area contributed by atoms with E-state index in [4.69, 9.17) is 5.73 Å². The number of nitrogens with zero attached hydrogens (tertiary/aromatic N) is 2. The number of thiazole rings is 1. The van der Waals surface area contributed by atoms with Crippen molar-refractivity contribution < 1.29 is 4.79 Å². The maximum absolute atomic E-state index is 12.0. The molecule has 1 atom stereocenters. The van der Waals surface area contributed by atoms with Gasteiger partial charge in [-0.2, -0.15) is 0 Å². The summed E-state index contributed by atoms with van der Waals surface area (Å²) in [4.78, 5) is 19.5. The van der Waals surface area contributed by atoms with Gasteiger partial charge in [0.2, 0.25) is 5.91 Å². The standard InChI is InChI=1S/C13H23N3OS.2ClH/c1-5-11-15-9(2)13(18-11)10(3)16(4)12(17)7-6-8-14;;/h10H,5-8,14H2,1-4H3;2*1H. The number of aromatic nitrogens is 1. The largest absolute Gasteiger partial charge is 0.338 e. The van der Waals surface area contributed by atoms with Gasteiger partial charge in [-0.25, -0.2) is 4.98 Å². The van der Waals surface area contributed by atoms with Crippen LogP contribution in [0, 0.1) is 6.92 Å². The molecule has 0 aliphatic carbocycles. The fraction of sp³-hybridized carbons (Fsp3) is 0.692. The maximum Gasteiger partial charge on any atom is 0.222 e. The van der Waals surface area contributed by atoms with Crippen LogP contribution in [0.25, 0.3) is 0 Å². The van der Waals surface area contributed by atoms with E-state index in [1.54, 1.807) is 16.2 Å². The van der Waals surface area contributed by atoms with Gasteiger partial charge in [0.25, 0.3) is 0 Å². The molecule has 0 aliphatic rings. The lowest BCUT2D eigenvalue weighted by Crippen LogP contribution is -2.29. The van der Waals surface area contributed by atoms with E-state index in [1.807, 2.05) is 14.0 Å². The summed E-state index contributed by atoms with van der Waals surface area (Å²) in [6.07, 6.45) is 2.22. The Bertz CT molecular complexity index is 412. The van der Waals surface area contributed by atoms with Gasteiger partial charge in [0.1, 0.15) is 0 Å². The van der Waals surface area contributed by atoms with Gasteiger partial charge in [-0.15, -0.1) is 36.2 Å². The molecule has 0 bridgehead atoms. The zero-order valence-electron chi connectivity index (χ0n) is 12.5. The predicted octanol–water partition coefficient (Wildman–Crippen LogP) is 3.12. The highest BCUT2D eigenvalue weighted by Crippen LogP contribution is 2.29. The minimum absolute atomic E-state index is 0. The third-order valence-corrected chi connectivity index (χ3v) is 4.60. The Labute approximate surface area is 138 Å². The first-order chi connectivity index (χ1) is 8.51. The third-order valence-electron chi connectivity index (χ3n) is 3.13. The van der Waals surface area contributed by atoms with Gasteiger partial charge in [0.15, 0.2) is 0 Å². The molecule has 0 radical (unpaired) electrons. The summed E-state index contributed by atoms with van der Waals surface area (Å²) in [5, 5.41) is 1.14. The van der Waals surface area contributed by atoms with Crippen LogP contribution >= 0.6 is 36.2 Å². The van der Waals surface area contributed by atoms with E-state index in [0.29, 0.717) is 13.0 Å². The Kier molecular flexibility index (Phi) is 11.4. The molecular weight excluding hydrogens is 317 g/mol. The van der Waals surface area contributed by atoms with Gasteiger partial charge >= 0.3 is 0 Å². The number of nitrogens with two attached hydrogens (primary N) is 1. The molecule has 0 saturated heterocycles. The van der Waals surface area contributed by atoms with Crippen molar-refractivity contribution >= 4 is 42.1 Å². The third kappa shape index (κ3) is 5.56. The Morgan fingerprint density at radius 2 is 2.05 bits per heavy atom. The molecule has 1 unspecified atom stereocenters. The summed E-state index contributed by atoms with van der Waals surface area (Å²) in [6.45, 7) is 6.73. The van der Waals surface area contributed by atoms with E-state index in [1.165, 1.54) is 4.88 Å². The second kappa shape index (κ2) is 10.4. The van der Waals surface area contributed by atoms with Crippen LogP contribution in [-0.2, 0) is 11.2 Å². The average molecular weight is 342 g/mol. The van der Waals surface area contributed by atoms with Crippen LogP contribution in [-0.4, -0.2) is 29.4 Å². The molecule has 2 N–H and O–H groups in total. The topological polar surface area (TPSA) is 59.2 Å². The Morgan fingerprint density at radius 3 is 2.50 bits per heavy atom. The highest BCUT2D eigenvalue weighted by atomic mass is 35.5. The number of halogens is 2. The van der Waals surface area contributed by atoms with Crippen LogP contribution < -0.4 is 5.73 Å². The van der Waals surface area contributed by atoms with E-state index < -0.39 is 0 Å². The molecular formula is C13H25Cl2N3OS. The van der Waals surface area contributed by atoms with E-state index in [0.717, 1.165) is 23.5 Å². The fourth-order valence-corrected chi connectivity index (χ4v) is 2.93. The van der Waals surface area contributed by atoms with Crippen molar-refractivity contribution in [3.8, 4) is 0 Å². The Hall–Kier alpha value is -0.360. The number of amides is 1. The van der Waals surface area contributed by atoms with Crippen LogP contribution in [0.5, 0.6) is 0 Å². The van der Waals surface area contributed by atoms with Crippen molar-refractivity contribution in [3.63, 3.8) is 0 Å². The molecule has 7 heteroatoms. The minimum Gasteiger partial charge on any atom is -0.338 e. The molecule has 0 saturated carbocycles. The second-order valence-electron chi connectivity index (χ2n) is 4.48. The molecule has 20 heavy (non-hydrogen) atoms. The summed E-state index contributed by atoms with van der Waals surface area (Å²) >= 11 is 1.71. The Morgan fingerprint density at radius 1 is 1.45 bits per heavy atom. The summed E-state index contributed by atoms with van der Waals surface area (Å²) < 4.78 is 0. The van der Waals surface area contributed by atoms with Gasteiger partial charge in [0.05, 0.1) is 16.7 Å². The summed E-state index contributed by atoms with van der Waals surface area (Å²) in [5.41, 5.74) is 6.48. The average Bonchev–Trinajstić information content (AvgIpc) is 2.75. The molecule has 118 valence electrons. The van der Waals surface area contributed by atoms with E-state index >= 15 is 0 Å². The smallest absolute Gasteiger partial charge is 0.222 e. The first-order valence-corrected chi connectivity index (χ1v) is 7.24. The quantitative estimate of drug-likeness (QED) is 0.864. The predicted molar refractivity (Wildman–Crippen MR) is 90.2 cm³/mol.